The van der Waals surface area contributed by atoms with Crippen LogP contribution in [0.2, 0.25) is 0 Å². The van der Waals surface area contributed by atoms with E-state index in [-0.39, 0.29) is 0 Å². The van der Waals surface area contributed by atoms with E-state index in [4.69, 9.17) is 4.42 Å². The molecule has 2 aromatic heterocycles. The van der Waals surface area contributed by atoms with Gasteiger partial charge in [-0.3, -0.25) is 0 Å². The molecule has 3 heteroatoms. The molecule has 7 rings (SSSR count). The van der Waals surface area contributed by atoms with E-state index in [0.717, 1.165) is 11.2 Å². The molecule has 0 bridgehead atoms. The number of rotatable bonds is 1. The van der Waals surface area contributed by atoms with Crippen LogP contribution >= 0.6 is 0 Å². The molecule has 0 spiro atoms. The number of hydrogen-bond acceptors (Lipinski definition) is 2. The molecular formula is C27H20N2O. The van der Waals surface area contributed by atoms with E-state index in [1.807, 2.05) is 6.07 Å². The first kappa shape index (κ1) is 16.1. The summed E-state index contributed by atoms with van der Waals surface area (Å²) in [5.74, 6) is 0. The third-order valence-corrected chi connectivity index (χ3v) is 6.42. The molecule has 3 heterocycles. The summed E-state index contributed by atoms with van der Waals surface area (Å²) < 4.78 is 8.88. The Hall–Kier alpha value is -3.72. The molecule has 0 saturated carbocycles. The Kier molecular flexibility index (Phi) is 2.93. The lowest BCUT2D eigenvalue weighted by atomic mass is 10.0. The first-order valence-corrected chi connectivity index (χ1v) is 10.5. The van der Waals surface area contributed by atoms with Crippen LogP contribution in [0, 0.1) is 0 Å². The molecule has 0 saturated heterocycles. The monoisotopic (exact) mass is 388 g/mol. The number of para-hydroxylation sites is 4. The summed E-state index contributed by atoms with van der Waals surface area (Å²) >= 11 is 0. The van der Waals surface area contributed by atoms with Gasteiger partial charge in [0.05, 0.1) is 33.5 Å². The minimum atomic E-state index is 0.330. The van der Waals surface area contributed by atoms with Crippen molar-refractivity contribution in [1.29, 1.82) is 0 Å². The second-order valence-corrected chi connectivity index (χ2v) is 8.40. The SMILES string of the molecule is CC(C)N1c2ccccc2-n2c3ccccc3c3c4oc5ccccc5c4cc1c32. The summed E-state index contributed by atoms with van der Waals surface area (Å²) in [6.45, 7) is 4.53. The number of benzene rings is 4. The molecule has 0 unspecified atom stereocenters. The maximum absolute atomic E-state index is 6.46. The Bertz CT molecular complexity index is 1630. The number of furan rings is 1. The highest BCUT2D eigenvalue weighted by molar-refractivity contribution is 6.28. The zero-order valence-corrected chi connectivity index (χ0v) is 16.9. The summed E-state index contributed by atoms with van der Waals surface area (Å²) in [4.78, 5) is 2.47. The summed E-state index contributed by atoms with van der Waals surface area (Å²) in [6, 6.07) is 28.4. The van der Waals surface area contributed by atoms with Gasteiger partial charge in [0, 0.05) is 22.2 Å². The molecule has 4 aromatic carbocycles. The average Bonchev–Trinajstić information content (AvgIpc) is 3.31. The Labute approximate surface area is 173 Å². The van der Waals surface area contributed by atoms with E-state index in [1.165, 1.54) is 49.6 Å². The Morgan fingerprint density at radius 3 is 2.23 bits per heavy atom. The molecule has 1 aliphatic heterocycles. The molecule has 3 nitrogen and oxygen atoms in total. The van der Waals surface area contributed by atoms with Crippen molar-refractivity contribution in [3.8, 4) is 5.69 Å². The maximum Gasteiger partial charge on any atom is 0.145 e. The van der Waals surface area contributed by atoms with Crippen LogP contribution in [0.5, 0.6) is 0 Å². The zero-order valence-electron chi connectivity index (χ0n) is 16.9. The normalized spacial score (nSPS) is 13.2. The van der Waals surface area contributed by atoms with Gasteiger partial charge in [0.1, 0.15) is 11.2 Å². The van der Waals surface area contributed by atoms with E-state index >= 15 is 0 Å². The molecule has 6 aromatic rings. The summed E-state index contributed by atoms with van der Waals surface area (Å²) in [6.07, 6.45) is 0. The lowest BCUT2D eigenvalue weighted by molar-refractivity contribution is 0.673. The lowest BCUT2D eigenvalue weighted by Crippen LogP contribution is -2.29. The van der Waals surface area contributed by atoms with Crippen LogP contribution in [0.25, 0.3) is 49.4 Å². The van der Waals surface area contributed by atoms with Gasteiger partial charge in [0.2, 0.25) is 0 Å². The van der Waals surface area contributed by atoms with Crippen molar-refractivity contribution in [2.45, 2.75) is 19.9 Å². The molecule has 0 fully saturated rings. The third-order valence-electron chi connectivity index (χ3n) is 6.42. The second-order valence-electron chi connectivity index (χ2n) is 8.40. The number of aromatic nitrogens is 1. The fraction of sp³-hybridized carbons (Fsp3) is 0.111. The van der Waals surface area contributed by atoms with Crippen molar-refractivity contribution < 1.29 is 4.42 Å². The first-order valence-electron chi connectivity index (χ1n) is 10.5. The summed E-state index contributed by atoms with van der Waals surface area (Å²) in [5.41, 5.74) is 8.08. The summed E-state index contributed by atoms with van der Waals surface area (Å²) in [5, 5.41) is 4.79. The fourth-order valence-corrected chi connectivity index (χ4v) is 5.29. The van der Waals surface area contributed by atoms with Gasteiger partial charge in [-0.1, -0.05) is 48.5 Å². The Morgan fingerprint density at radius 1 is 0.700 bits per heavy atom. The first-order chi connectivity index (χ1) is 14.7. The fourth-order valence-electron chi connectivity index (χ4n) is 5.29. The molecule has 0 amide bonds. The highest BCUT2D eigenvalue weighted by atomic mass is 16.3. The van der Waals surface area contributed by atoms with Crippen molar-refractivity contribution in [2.24, 2.45) is 0 Å². The van der Waals surface area contributed by atoms with E-state index in [0.29, 0.717) is 6.04 Å². The third kappa shape index (κ3) is 1.81. The molecule has 0 N–H and O–H groups in total. The van der Waals surface area contributed by atoms with Crippen LogP contribution in [-0.4, -0.2) is 10.6 Å². The van der Waals surface area contributed by atoms with Crippen molar-refractivity contribution in [2.75, 3.05) is 4.90 Å². The highest BCUT2D eigenvalue weighted by Crippen LogP contribution is 2.50. The topological polar surface area (TPSA) is 21.3 Å². The summed E-state index contributed by atoms with van der Waals surface area (Å²) in [7, 11) is 0. The van der Waals surface area contributed by atoms with Gasteiger partial charge in [-0.05, 0) is 44.2 Å². The van der Waals surface area contributed by atoms with Gasteiger partial charge in [-0.15, -0.1) is 0 Å². The molecule has 0 radical (unpaired) electrons. The van der Waals surface area contributed by atoms with Crippen LogP contribution in [0.3, 0.4) is 0 Å². The minimum Gasteiger partial charge on any atom is -0.455 e. The van der Waals surface area contributed by atoms with Gasteiger partial charge in [-0.2, -0.15) is 0 Å². The van der Waals surface area contributed by atoms with E-state index < -0.39 is 0 Å². The molecular weight excluding hydrogens is 368 g/mol. The standard InChI is InChI=1S/C27H20N2O/c1-16(2)28-21-12-6-7-13-22(21)29-20-11-5-3-10-18(20)25-26(29)23(28)15-19-17-9-4-8-14-24(17)30-27(19)25/h3-16H,1-2H3. The van der Waals surface area contributed by atoms with Crippen LogP contribution in [-0.2, 0) is 0 Å². The van der Waals surface area contributed by atoms with Gasteiger partial charge >= 0.3 is 0 Å². The minimum absolute atomic E-state index is 0.330. The van der Waals surface area contributed by atoms with Crippen molar-refractivity contribution in [3.05, 3.63) is 78.9 Å². The molecule has 0 atom stereocenters. The molecule has 30 heavy (non-hydrogen) atoms. The van der Waals surface area contributed by atoms with E-state index in [2.05, 4.69) is 96.1 Å². The smallest absolute Gasteiger partial charge is 0.145 e. The van der Waals surface area contributed by atoms with Crippen molar-refractivity contribution in [1.82, 2.24) is 4.57 Å². The van der Waals surface area contributed by atoms with Crippen molar-refractivity contribution in [3.63, 3.8) is 0 Å². The van der Waals surface area contributed by atoms with Gasteiger partial charge in [0.25, 0.3) is 0 Å². The van der Waals surface area contributed by atoms with Crippen LogP contribution < -0.4 is 4.90 Å². The lowest BCUT2D eigenvalue weighted by Gasteiger charge is -2.36. The number of nitrogens with zero attached hydrogens (tertiary/aromatic N) is 2. The molecule has 144 valence electrons. The highest BCUT2D eigenvalue weighted by Gasteiger charge is 2.31. The average molecular weight is 388 g/mol. The predicted octanol–water partition coefficient (Wildman–Crippen LogP) is 7.54. The number of anilines is 2. The molecule has 1 aliphatic rings. The number of fused-ring (bicyclic) bond motifs is 9. The Balaban J connectivity index is 1.83. The molecule has 0 aliphatic carbocycles. The van der Waals surface area contributed by atoms with Crippen LogP contribution in [0.4, 0.5) is 11.4 Å². The van der Waals surface area contributed by atoms with E-state index in [1.54, 1.807) is 0 Å². The predicted molar refractivity (Wildman–Crippen MR) is 125 cm³/mol. The second kappa shape index (κ2) is 5.45. The number of hydrogen-bond donors (Lipinski definition) is 0. The Morgan fingerprint density at radius 2 is 1.40 bits per heavy atom. The zero-order chi connectivity index (χ0) is 20.0. The maximum atomic E-state index is 6.46. The van der Waals surface area contributed by atoms with E-state index in [9.17, 15) is 0 Å². The quantitative estimate of drug-likeness (QED) is 0.290. The van der Waals surface area contributed by atoms with Crippen molar-refractivity contribution >= 4 is 55.1 Å². The van der Waals surface area contributed by atoms with Gasteiger partial charge < -0.3 is 13.9 Å². The van der Waals surface area contributed by atoms with Gasteiger partial charge in [0.15, 0.2) is 0 Å². The van der Waals surface area contributed by atoms with Crippen LogP contribution in [0.15, 0.2) is 83.3 Å². The van der Waals surface area contributed by atoms with Gasteiger partial charge in [-0.25, -0.2) is 0 Å². The largest absolute Gasteiger partial charge is 0.455 e. The van der Waals surface area contributed by atoms with Crippen LogP contribution in [0.1, 0.15) is 13.8 Å².